The van der Waals surface area contributed by atoms with Gasteiger partial charge in [0.1, 0.15) is 0 Å². The summed E-state index contributed by atoms with van der Waals surface area (Å²) < 4.78 is 10.4. The van der Waals surface area contributed by atoms with Crippen LogP contribution in [-0.4, -0.2) is 64.6 Å². The van der Waals surface area contributed by atoms with E-state index >= 15 is 0 Å². The van der Waals surface area contributed by atoms with Gasteiger partial charge < -0.3 is 14.8 Å². The van der Waals surface area contributed by atoms with Crippen LogP contribution in [0.15, 0.2) is 0 Å². The van der Waals surface area contributed by atoms with Gasteiger partial charge in [0.15, 0.2) is 0 Å². The van der Waals surface area contributed by atoms with Crippen molar-refractivity contribution in [3.05, 3.63) is 0 Å². The van der Waals surface area contributed by atoms with E-state index in [4.69, 9.17) is 9.47 Å². The first kappa shape index (κ1) is 18.8. The Bertz CT molecular complexity index is 180. The van der Waals surface area contributed by atoms with E-state index in [1.807, 2.05) is 0 Å². The van der Waals surface area contributed by atoms with Crippen LogP contribution in [0.4, 0.5) is 0 Å². The Morgan fingerprint density at radius 3 is 2.37 bits per heavy atom. The summed E-state index contributed by atoms with van der Waals surface area (Å²) >= 11 is 0. The lowest BCUT2D eigenvalue weighted by Crippen LogP contribution is -2.39. The van der Waals surface area contributed by atoms with Crippen LogP contribution in [0.25, 0.3) is 0 Å². The molecule has 0 aromatic heterocycles. The van der Waals surface area contributed by atoms with Crippen molar-refractivity contribution in [2.45, 2.75) is 45.6 Å². The Kier molecular flexibility index (Phi) is 14.1. The molecule has 0 bridgehead atoms. The van der Waals surface area contributed by atoms with E-state index < -0.39 is 0 Å². The van der Waals surface area contributed by atoms with Gasteiger partial charge in [-0.05, 0) is 39.4 Å². The zero-order valence-electron chi connectivity index (χ0n) is 13.4. The molecule has 19 heavy (non-hydrogen) atoms. The Balaban J connectivity index is 3.66. The number of methoxy groups -OCH3 is 2. The molecule has 1 unspecified atom stereocenters. The molecule has 0 spiro atoms. The predicted octanol–water partition coefficient (Wildman–Crippen LogP) is 2.14. The Hall–Kier alpha value is -0.160. The smallest absolute Gasteiger partial charge is 0.0615 e. The second-order valence-corrected chi connectivity index (χ2v) is 5.10. The number of unbranched alkanes of at least 4 members (excludes halogenated alkanes) is 3. The maximum atomic E-state index is 5.25. The summed E-state index contributed by atoms with van der Waals surface area (Å²) in [4.78, 5) is 2.47. The van der Waals surface area contributed by atoms with Crippen LogP contribution >= 0.6 is 0 Å². The van der Waals surface area contributed by atoms with Gasteiger partial charge in [0.05, 0.1) is 13.2 Å². The van der Waals surface area contributed by atoms with Gasteiger partial charge in [-0.3, -0.25) is 4.90 Å². The molecular weight excluding hydrogens is 240 g/mol. The fourth-order valence-corrected chi connectivity index (χ4v) is 2.20. The Morgan fingerprint density at radius 1 is 1.00 bits per heavy atom. The molecule has 0 aliphatic rings. The van der Waals surface area contributed by atoms with Crippen LogP contribution < -0.4 is 5.32 Å². The van der Waals surface area contributed by atoms with Crippen LogP contribution in [0, 0.1) is 0 Å². The third-order valence-corrected chi connectivity index (χ3v) is 3.41. The molecule has 0 aliphatic carbocycles. The molecule has 0 rings (SSSR count). The summed E-state index contributed by atoms with van der Waals surface area (Å²) in [6.07, 6.45) is 5.20. The minimum Gasteiger partial charge on any atom is -0.383 e. The van der Waals surface area contributed by atoms with Gasteiger partial charge in [0.2, 0.25) is 0 Å². The third-order valence-electron chi connectivity index (χ3n) is 3.41. The van der Waals surface area contributed by atoms with Crippen LogP contribution in [0.2, 0.25) is 0 Å². The summed E-state index contributed by atoms with van der Waals surface area (Å²) in [5.41, 5.74) is 0. The number of nitrogens with one attached hydrogen (secondary N) is 1. The average molecular weight is 274 g/mol. The van der Waals surface area contributed by atoms with Crippen LogP contribution in [0.5, 0.6) is 0 Å². The molecule has 0 aromatic rings. The van der Waals surface area contributed by atoms with Crippen molar-refractivity contribution in [2.24, 2.45) is 0 Å². The minimum absolute atomic E-state index is 0.474. The first-order valence-electron chi connectivity index (χ1n) is 7.68. The molecule has 0 aromatic carbocycles. The molecule has 0 saturated carbocycles. The molecule has 0 aliphatic heterocycles. The fraction of sp³-hybridized carbons (Fsp3) is 1.00. The molecule has 0 radical (unpaired) electrons. The molecule has 1 atom stereocenters. The SMILES string of the molecule is CCNCCCCCCN(CCOC)C(C)COC. The highest BCUT2D eigenvalue weighted by atomic mass is 16.5. The minimum atomic E-state index is 0.474. The molecule has 1 N–H and O–H groups in total. The molecule has 116 valence electrons. The van der Waals surface area contributed by atoms with Crippen molar-refractivity contribution < 1.29 is 9.47 Å². The van der Waals surface area contributed by atoms with E-state index in [1.165, 1.54) is 25.7 Å². The van der Waals surface area contributed by atoms with Crippen molar-refractivity contribution in [3.8, 4) is 0 Å². The summed E-state index contributed by atoms with van der Waals surface area (Å²) in [5.74, 6) is 0. The van der Waals surface area contributed by atoms with E-state index in [2.05, 4.69) is 24.1 Å². The fourth-order valence-electron chi connectivity index (χ4n) is 2.20. The second-order valence-electron chi connectivity index (χ2n) is 5.10. The van der Waals surface area contributed by atoms with Crippen LogP contribution in [0.3, 0.4) is 0 Å². The van der Waals surface area contributed by atoms with Crippen molar-refractivity contribution in [2.75, 3.05) is 53.6 Å². The predicted molar refractivity (Wildman–Crippen MR) is 81.8 cm³/mol. The summed E-state index contributed by atoms with van der Waals surface area (Å²) in [7, 11) is 3.53. The molecule has 0 saturated heterocycles. The zero-order chi connectivity index (χ0) is 14.3. The van der Waals surface area contributed by atoms with Gasteiger partial charge in [0, 0.05) is 26.8 Å². The maximum Gasteiger partial charge on any atom is 0.0615 e. The number of nitrogens with zero attached hydrogens (tertiary/aromatic N) is 1. The van der Waals surface area contributed by atoms with E-state index in [0.29, 0.717) is 6.04 Å². The van der Waals surface area contributed by atoms with Crippen molar-refractivity contribution >= 4 is 0 Å². The molecule has 0 fully saturated rings. The number of hydrogen-bond donors (Lipinski definition) is 1. The van der Waals surface area contributed by atoms with Crippen LogP contribution in [-0.2, 0) is 9.47 Å². The second kappa shape index (κ2) is 14.3. The maximum absolute atomic E-state index is 5.25. The van der Waals surface area contributed by atoms with Gasteiger partial charge in [0.25, 0.3) is 0 Å². The van der Waals surface area contributed by atoms with E-state index in [0.717, 1.165) is 39.4 Å². The normalized spacial score (nSPS) is 13.1. The van der Waals surface area contributed by atoms with Gasteiger partial charge in [-0.2, -0.15) is 0 Å². The first-order valence-corrected chi connectivity index (χ1v) is 7.68. The lowest BCUT2D eigenvalue weighted by Gasteiger charge is -2.28. The van der Waals surface area contributed by atoms with E-state index in [9.17, 15) is 0 Å². The van der Waals surface area contributed by atoms with Crippen LogP contribution in [0.1, 0.15) is 39.5 Å². The first-order chi connectivity index (χ1) is 9.26. The lowest BCUT2D eigenvalue weighted by atomic mass is 10.1. The lowest BCUT2D eigenvalue weighted by molar-refractivity contribution is 0.0739. The molecule has 0 amide bonds. The number of ether oxygens (including phenoxy) is 2. The zero-order valence-corrected chi connectivity index (χ0v) is 13.4. The molecule has 4 nitrogen and oxygen atoms in total. The van der Waals surface area contributed by atoms with E-state index in [1.54, 1.807) is 14.2 Å². The van der Waals surface area contributed by atoms with E-state index in [-0.39, 0.29) is 0 Å². The Morgan fingerprint density at radius 2 is 1.74 bits per heavy atom. The van der Waals surface area contributed by atoms with Crippen molar-refractivity contribution in [3.63, 3.8) is 0 Å². The summed E-state index contributed by atoms with van der Waals surface area (Å²) in [5, 5.41) is 3.37. The Labute approximate surface area is 119 Å². The van der Waals surface area contributed by atoms with Gasteiger partial charge in [-0.25, -0.2) is 0 Å². The van der Waals surface area contributed by atoms with Gasteiger partial charge in [-0.15, -0.1) is 0 Å². The highest BCUT2D eigenvalue weighted by Gasteiger charge is 2.12. The highest BCUT2D eigenvalue weighted by molar-refractivity contribution is 4.66. The van der Waals surface area contributed by atoms with Crippen molar-refractivity contribution in [1.82, 2.24) is 10.2 Å². The quantitative estimate of drug-likeness (QED) is 0.492. The molecule has 4 heteroatoms. The third kappa shape index (κ3) is 11.4. The molecule has 0 heterocycles. The topological polar surface area (TPSA) is 33.7 Å². The van der Waals surface area contributed by atoms with Gasteiger partial charge >= 0.3 is 0 Å². The number of rotatable bonds is 14. The number of hydrogen-bond acceptors (Lipinski definition) is 4. The average Bonchev–Trinajstić information content (AvgIpc) is 2.41. The standard InChI is InChI=1S/C15H34N2O2/c1-5-16-10-8-6-7-9-11-17(12-13-18-3)15(2)14-19-4/h15-16H,5-14H2,1-4H3. The van der Waals surface area contributed by atoms with Gasteiger partial charge in [-0.1, -0.05) is 19.8 Å². The molecular formula is C15H34N2O2. The highest BCUT2D eigenvalue weighted by Crippen LogP contribution is 2.05. The van der Waals surface area contributed by atoms with Crippen molar-refractivity contribution in [1.29, 1.82) is 0 Å². The largest absolute Gasteiger partial charge is 0.383 e. The monoisotopic (exact) mass is 274 g/mol. The summed E-state index contributed by atoms with van der Waals surface area (Å²) in [6, 6.07) is 0.474. The summed E-state index contributed by atoms with van der Waals surface area (Å²) in [6.45, 7) is 10.4.